The number of imidazole rings is 1. The maximum absolute atomic E-state index is 5.46. The molecule has 4 aromatic rings. The number of nitrogens with zero attached hydrogens (tertiary/aromatic N) is 9. The molecule has 1 fully saturated rings. The quantitative estimate of drug-likeness (QED) is 0.417. The largest absolute Gasteiger partial charge is 0.382 e. The molecule has 0 N–H and O–H groups in total. The zero-order valence-corrected chi connectivity index (χ0v) is 18.8. The van der Waals surface area contributed by atoms with Crippen LogP contribution in [0.3, 0.4) is 0 Å². The highest BCUT2D eigenvalue weighted by Crippen LogP contribution is 2.20. The topological polar surface area (TPSA) is 98.0 Å². The van der Waals surface area contributed by atoms with Gasteiger partial charge in [0, 0.05) is 75.7 Å². The van der Waals surface area contributed by atoms with E-state index in [1.54, 1.807) is 32.0 Å². The van der Waals surface area contributed by atoms with E-state index in [4.69, 9.17) is 4.74 Å². The van der Waals surface area contributed by atoms with E-state index < -0.39 is 0 Å². The number of methoxy groups -OCH3 is 1. The van der Waals surface area contributed by atoms with Crippen LogP contribution in [0.15, 0.2) is 67.9 Å². The predicted molar refractivity (Wildman–Crippen MR) is 130 cm³/mol. The maximum Gasteiger partial charge on any atom is 0.225 e. The number of rotatable bonds is 7. The summed E-state index contributed by atoms with van der Waals surface area (Å²) in [5.41, 5.74) is 1.92. The second kappa shape index (κ2) is 10.2. The molecule has 1 atom stereocenters. The third-order valence-electron chi connectivity index (χ3n) is 5.60. The summed E-state index contributed by atoms with van der Waals surface area (Å²) in [5, 5.41) is 0. The third kappa shape index (κ3) is 4.91. The molecular formula is C24H25N9O. The van der Waals surface area contributed by atoms with Gasteiger partial charge in [0.2, 0.25) is 11.9 Å². The number of anilines is 2. The van der Waals surface area contributed by atoms with Gasteiger partial charge >= 0.3 is 0 Å². The van der Waals surface area contributed by atoms with Crippen molar-refractivity contribution in [2.75, 3.05) is 43.2 Å². The second-order valence-corrected chi connectivity index (χ2v) is 7.87. The standard InChI is InChI=1S/C24H25N9O/c1-34-17-21-16-31(11-12-33(21)24-26-7-2-8-27-24)23-29-14-20(15-30-23)4-3-19-5-6-22(28-13-19)32-10-9-25-18-32/h2-10,13-15,18,21H,11-12,16-17H2,1H3/b4-3+/t21-/m1/s1/i1-1. The molecule has 0 aliphatic carbocycles. The number of aromatic nitrogens is 7. The molecule has 1 aliphatic rings. The van der Waals surface area contributed by atoms with E-state index in [1.165, 1.54) is 0 Å². The van der Waals surface area contributed by atoms with Crippen molar-refractivity contribution in [1.82, 2.24) is 34.5 Å². The number of hydrogen-bond donors (Lipinski definition) is 0. The molecule has 4 aromatic heterocycles. The van der Waals surface area contributed by atoms with Gasteiger partial charge in [0.1, 0.15) is 12.1 Å². The van der Waals surface area contributed by atoms with Gasteiger partial charge in [-0.05, 0) is 23.8 Å². The molecule has 0 amide bonds. The lowest BCUT2D eigenvalue weighted by molar-refractivity contribution is 0.173. The van der Waals surface area contributed by atoms with Gasteiger partial charge in [-0.1, -0.05) is 12.2 Å². The third-order valence-corrected chi connectivity index (χ3v) is 5.60. The van der Waals surface area contributed by atoms with Gasteiger partial charge in [-0.2, -0.15) is 0 Å². The fourth-order valence-corrected chi connectivity index (χ4v) is 3.89. The molecule has 0 unspecified atom stereocenters. The Morgan fingerprint density at radius 2 is 1.71 bits per heavy atom. The monoisotopic (exact) mass is 454 g/mol. The summed E-state index contributed by atoms with van der Waals surface area (Å²) in [4.78, 5) is 30.9. The van der Waals surface area contributed by atoms with Crippen LogP contribution in [0, 0.1) is 0 Å². The Morgan fingerprint density at radius 1 is 0.912 bits per heavy atom. The van der Waals surface area contributed by atoms with Crippen LogP contribution >= 0.6 is 0 Å². The predicted octanol–water partition coefficient (Wildman–Crippen LogP) is 2.36. The smallest absolute Gasteiger partial charge is 0.225 e. The average molecular weight is 455 g/mol. The van der Waals surface area contributed by atoms with Crippen LogP contribution in [0.5, 0.6) is 0 Å². The summed E-state index contributed by atoms with van der Waals surface area (Å²) >= 11 is 0. The molecule has 0 aromatic carbocycles. The summed E-state index contributed by atoms with van der Waals surface area (Å²) < 4.78 is 7.32. The lowest BCUT2D eigenvalue weighted by atomic mass is 10.2. The Hall–Kier alpha value is -4.18. The van der Waals surface area contributed by atoms with Crippen molar-refractivity contribution in [2.45, 2.75) is 6.04 Å². The molecule has 5 rings (SSSR count). The molecule has 5 heterocycles. The Balaban J connectivity index is 1.23. The molecule has 10 nitrogen and oxygen atoms in total. The molecule has 0 radical (unpaired) electrons. The minimum Gasteiger partial charge on any atom is -0.382 e. The van der Waals surface area contributed by atoms with Crippen molar-refractivity contribution < 1.29 is 4.74 Å². The molecule has 0 spiro atoms. The highest BCUT2D eigenvalue weighted by Gasteiger charge is 2.29. The highest BCUT2D eigenvalue weighted by atomic mass is 16.4. The summed E-state index contributed by atoms with van der Waals surface area (Å²) in [6.45, 7) is 2.85. The van der Waals surface area contributed by atoms with Gasteiger partial charge in [0.15, 0.2) is 0 Å². The van der Waals surface area contributed by atoms with Gasteiger partial charge in [-0.15, -0.1) is 0 Å². The number of hydrogen-bond acceptors (Lipinski definition) is 9. The lowest BCUT2D eigenvalue weighted by Gasteiger charge is -2.41. The molecule has 0 bridgehead atoms. The first-order chi connectivity index (χ1) is 16.8. The SMILES string of the molecule is [11CH3]OC[C@H]1CN(c2ncc(/C=C/c3ccc(-n4ccnc4)nc3)cn2)CCN1c1ncccn1. The van der Waals surface area contributed by atoms with E-state index in [0.717, 1.165) is 42.5 Å². The van der Waals surface area contributed by atoms with Gasteiger partial charge in [0.05, 0.1) is 12.6 Å². The van der Waals surface area contributed by atoms with Gasteiger partial charge in [-0.3, -0.25) is 4.57 Å². The molecular weight excluding hydrogens is 429 g/mol. The van der Waals surface area contributed by atoms with Crippen LogP contribution in [0.25, 0.3) is 18.0 Å². The van der Waals surface area contributed by atoms with Crippen molar-refractivity contribution in [3.8, 4) is 5.82 Å². The van der Waals surface area contributed by atoms with Crippen molar-refractivity contribution in [3.63, 3.8) is 0 Å². The van der Waals surface area contributed by atoms with E-state index in [0.29, 0.717) is 12.6 Å². The Labute approximate surface area is 197 Å². The fraction of sp³-hybridized carbons (Fsp3) is 0.250. The highest BCUT2D eigenvalue weighted by molar-refractivity contribution is 5.68. The molecule has 1 saturated heterocycles. The zero-order valence-electron chi connectivity index (χ0n) is 18.8. The van der Waals surface area contributed by atoms with Crippen LogP contribution < -0.4 is 9.80 Å². The molecule has 10 heteroatoms. The van der Waals surface area contributed by atoms with Crippen molar-refractivity contribution >= 4 is 24.0 Å². The molecule has 34 heavy (non-hydrogen) atoms. The minimum absolute atomic E-state index is 0.113. The first-order valence-corrected chi connectivity index (χ1v) is 11.0. The molecule has 172 valence electrons. The second-order valence-electron chi connectivity index (χ2n) is 7.87. The van der Waals surface area contributed by atoms with E-state index in [-0.39, 0.29) is 6.04 Å². The Morgan fingerprint density at radius 3 is 2.41 bits per heavy atom. The maximum atomic E-state index is 5.46. The molecule has 1 aliphatic heterocycles. The van der Waals surface area contributed by atoms with Gasteiger partial charge in [-0.25, -0.2) is 29.9 Å². The first-order valence-electron chi connectivity index (χ1n) is 11.0. The minimum atomic E-state index is 0.113. The summed E-state index contributed by atoms with van der Waals surface area (Å²) in [6.07, 6.45) is 18.3. The lowest BCUT2D eigenvalue weighted by Crippen LogP contribution is -2.56. The van der Waals surface area contributed by atoms with Crippen molar-refractivity contribution in [3.05, 3.63) is 79.0 Å². The van der Waals surface area contributed by atoms with E-state index >= 15 is 0 Å². The van der Waals surface area contributed by atoms with E-state index in [2.05, 4.69) is 39.7 Å². The van der Waals surface area contributed by atoms with Crippen molar-refractivity contribution in [2.24, 2.45) is 0 Å². The number of pyridine rings is 1. The Kier molecular flexibility index (Phi) is 6.48. The fourth-order valence-electron chi connectivity index (χ4n) is 3.89. The van der Waals surface area contributed by atoms with Crippen LogP contribution in [-0.2, 0) is 4.74 Å². The van der Waals surface area contributed by atoms with E-state index in [1.807, 2.05) is 59.7 Å². The van der Waals surface area contributed by atoms with Gasteiger partial charge in [0.25, 0.3) is 0 Å². The van der Waals surface area contributed by atoms with Crippen LogP contribution in [0.4, 0.5) is 11.9 Å². The number of ether oxygens (including phenoxy) is 1. The van der Waals surface area contributed by atoms with E-state index in [9.17, 15) is 0 Å². The normalized spacial score (nSPS) is 16.3. The van der Waals surface area contributed by atoms with Crippen LogP contribution in [-0.4, -0.2) is 73.9 Å². The summed E-state index contributed by atoms with van der Waals surface area (Å²) in [6, 6.07) is 5.90. The first kappa shape index (κ1) is 21.7. The van der Waals surface area contributed by atoms with Crippen LogP contribution in [0.2, 0.25) is 0 Å². The zero-order chi connectivity index (χ0) is 23.2. The number of piperazine rings is 1. The van der Waals surface area contributed by atoms with Crippen molar-refractivity contribution in [1.29, 1.82) is 0 Å². The average Bonchev–Trinajstić information content (AvgIpc) is 3.44. The van der Waals surface area contributed by atoms with Crippen LogP contribution in [0.1, 0.15) is 11.1 Å². The summed E-state index contributed by atoms with van der Waals surface area (Å²) in [5.74, 6) is 2.25. The molecule has 0 saturated carbocycles. The summed E-state index contributed by atoms with van der Waals surface area (Å²) in [7, 11) is 1.71. The van der Waals surface area contributed by atoms with Gasteiger partial charge < -0.3 is 14.5 Å². The Bertz CT molecular complexity index is 1200.